The molecule has 0 radical (unpaired) electrons. The van der Waals surface area contributed by atoms with Crippen LogP contribution in [0.15, 0.2) is 36.5 Å². The highest BCUT2D eigenvalue weighted by Crippen LogP contribution is 2.30. The lowest BCUT2D eigenvalue weighted by Crippen LogP contribution is -2.17. The van der Waals surface area contributed by atoms with E-state index in [9.17, 15) is 18.0 Å². The lowest BCUT2D eigenvalue weighted by molar-refractivity contribution is -0.142. The molecule has 1 aromatic carbocycles. The van der Waals surface area contributed by atoms with Crippen LogP contribution in [0.1, 0.15) is 23.0 Å². The van der Waals surface area contributed by atoms with Gasteiger partial charge in [-0.05, 0) is 19.1 Å². The van der Waals surface area contributed by atoms with Crippen LogP contribution in [-0.2, 0) is 6.18 Å². The van der Waals surface area contributed by atoms with Crippen molar-refractivity contribution in [1.29, 1.82) is 0 Å². The van der Waals surface area contributed by atoms with Crippen LogP contribution >= 0.6 is 0 Å². The number of nitrogens with one attached hydrogen (secondary N) is 1. The summed E-state index contributed by atoms with van der Waals surface area (Å²) < 4.78 is 38.7. The first kappa shape index (κ1) is 14.9. The molecule has 0 saturated heterocycles. The molecule has 2 rings (SSSR count). The van der Waals surface area contributed by atoms with E-state index in [4.69, 9.17) is 4.84 Å². The van der Waals surface area contributed by atoms with E-state index in [0.29, 0.717) is 10.5 Å². The Hall–Kier alpha value is -2.51. The zero-order valence-electron chi connectivity index (χ0n) is 11.0. The molecule has 0 spiro atoms. The van der Waals surface area contributed by atoms with Gasteiger partial charge in [0.2, 0.25) is 0 Å². The molecule has 1 heterocycles. The molecule has 2 aromatic rings. The van der Waals surface area contributed by atoms with Gasteiger partial charge in [-0.1, -0.05) is 18.2 Å². The maximum atomic E-state index is 12.9. The number of nitrogens with zero attached hydrogens (tertiary/aromatic N) is 2. The standard InChI is InChI=1S/C13H12F3N3O2/c1-2-21-19-8-10(11(18-19)13(14,15)16)12(20)17-9-6-4-3-5-7-9/h3-8H,2H2,1H3,(H,17,20). The predicted octanol–water partition coefficient (Wildman–Crippen LogP) is 2.60. The summed E-state index contributed by atoms with van der Waals surface area (Å²) in [7, 11) is 0. The molecule has 1 amide bonds. The Morgan fingerprint density at radius 1 is 1.33 bits per heavy atom. The first-order valence-corrected chi connectivity index (χ1v) is 6.08. The minimum Gasteiger partial charge on any atom is -0.397 e. The summed E-state index contributed by atoms with van der Waals surface area (Å²) in [5.41, 5.74) is -1.50. The molecule has 0 unspecified atom stereocenters. The first-order valence-electron chi connectivity index (χ1n) is 6.08. The minimum absolute atomic E-state index is 0.124. The zero-order chi connectivity index (χ0) is 15.5. The van der Waals surface area contributed by atoms with Gasteiger partial charge in [-0.15, -0.1) is 9.94 Å². The molecule has 0 aliphatic heterocycles. The van der Waals surface area contributed by atoms with Crippen molar-refractivity contribution in [1.82, 2.24) is 9.94 Å². The van der Waals surface area contributed by atoms with Crippen LogP contribution in [0, 0.1) is 0 Å². The number of anilines is 1. The van der Waals surface area contributed by atoms with Crippen molar-refractivity contribution >= 4 is 11.6 Å². The molecule has 1 N–H and O–H groups in total. The van der Waals surface area contributed by atoms with E-state index in [2.05, 4.69) is 10.4 Å². The Morgan fingerprint density at radius 3 is 2.57 bits per heavy atom. The lowest BCUT2D eigenvalue weighted by atomic mass is 10.2. The summed E-state index contributed by atoms with van der Waals surface area (Å²) in [6, 6.07) is 8.17. The van der Waals surface area contributed by atoms with Crippen molar-refractivity contribution in [2.75, 3.05) is 11.9 Å². The van der Waals surface area contributed by atoms with Gasteiger partial charge in [0.15, 0.2) is 5.69 Å². The molecule has 0 fully saturated rings. The molecule has 0 aliphatic rings. The highest BCUT2D eigenvalue weighted by atomic mass is 19.4. The van der Waals surface area contributed by atoms with Crippen molar-refractivity contribution in [3.63, 3.8) is 0 Å². The minimum atomic E-state index is -4.74. The fraction of sp³-hybridized carbons (Fsp3) is 0.231. The van der Waals surface area contributed by atoms with Gasteiger partial charge in [-0.25, -0.2) is 0 Å². The fourth-order valence-electron chi connectivity index (χ4n) is 1.65. The number of benzene rings is 1. The highest BCUT2D eigenvalue weighted by molar-refractivity contribution is 6.05. The van der Waals surface area contributed by atoms with E-state index in [1.54, 1.807) is 37.3 Å². The maximum absolute atomic E-state index is 12.9. The molecule has 1 aromatic heterocycles. The third kappa shape index (κ3) is 3.53. The Morgan fingerprint density at radius 2 is 2.00 bits per heavy atom. The predicted molar refractivity (Wildman–Crippen MR) is 68.7 cm³/mol. The lowest BCUT2D eigenvalue weighted by Gasteiger charge is -2.06. The summed E-state index contributed by atoms with van der Waals surface area (Å²) >= 11 is 0. The number of alkyl halides is 3. The average molecular weight is 299 g/mol. The highest BCUT2D eigenvalue weighted by Gasteiger charge is 2.39. The molecule has 0 bridgehead atoms. The normalized spacial score (nSPS) is 11.2. The van der Waals surface area contributed by atoms with Gasteiger partial charge in [0.25, 0.3) is 5.91 Å². The Bertz CT molecular complexity index is 623. The number of para-hydroxylation sites is 1. The van der Waals surface area contributed by atoms with E-state index in [0.717, 1.165) is 6.20 Å². The SMILES string of the molecule is CCOn1cc(C(=O)Nc2ccccc2)c(C(F)(F)F)n1. The van der Waals surface area contributed by atoms with Crippen LogP contribution in [0.3, 0.4) is 0 Å². The maximum Gasteiger partial charge on any atom is 0.436 e. The van der Waals surface area contributed by atoms with Crippen LogP contribution in [0.4, 0.5) is 18.9 Å². The summed E-state index contributed by atoms with van der Waals surface area (Å²) in [5.74, 6) is -0.903. The molecule has 21 heavy (non-hydrogen) atoms. The van der Waals surface area contributed by atoms with Crippen molar-refractivity contribution in [3.05, 3.63) is 47.8 Å². The number of hydrogen-bond donors (Lipinski definition) is 1. The van der Waals surface area contributed by atoms with Crippen LogP contribution in [-0.4, -0.2) is 22.5 Å². The van der Waals surface area contributed by atoms with Crippen LogP contribution < -0.4 is 10.2 Å². The number of aromatic nitrogens is 2. The van der Waals surface area contributed by atoms with E-state index < -0.39 is 23.3 Å². The summed E-state index contributed by atoms with van der Waals surface area (Å²) in [6.45, 7) is 1.72. The second-order valence-electron chi connectivity index (χ2n) is 4.03. The van der Waals surface area contributed by atoms with Crippen LogP contribution in [0.2, 0.25) is 0 Å². The van der Waals surface area contributed by atoms with Crippen LogP contribution in [0.5, 0.6) is 0 Å². The van der Waals surface area contributed by atoms with Gasteiger partial charge in [0.1, 0.15) is 6.61 Å². The number of carbonyl (C=O) groups excluding carboxylic acids is 1. The van der Waals surface area contributed by atoms with E-state index >= 15 is 0 Å². The van der Waals surface area contributed by atoms with E-state index in [-0.39, 0.29) is 6.61 Å². The van der Waals surface area contributed by atoms with Crippen molar-refractivity contribution in [2.24, 2.45) is 0 Å². The Labute approximate surface area is 118 Å². The molecular formula is C13H12F3N3O2. The first-order chi connectivity index (χ1) is 9.91. The van der Waals surface area contributed by atoms with Crippen molar-refractivity contribution in [3.8, 4) is 0 Å². The third-order valence-corrected chi connectivity index (χ3v) is 2.50. The number of halogens is 3. The number of carbonyl (C=O) groups is 1. The quantitative estimate of drug-likeness (QED) is 0.944. The third-order valence-electron chi connectivity index (χ3n) is 2.50. The van der Waals surface area contributed by atoms with Crippen molar-refractivity contribution < 1.29 is 22.8 Å². The number of rotatable bonds is 4. The second-order valence-corrected chi connectivity index (χ2v) is 4.03. The van der Waals surface area contributed by atoms with E-state index in [1.807, 2.05) is 0 Å². The van der Waals surface area contributed by atoms with Gasteiger partial charge in [0.05, 0.1) is 11.8 Å². The van der Waals surface area contributed by atoms with E-state index in [1.165, 1.54) is 0 Å². The molecule has 8 heteroatoms. The molecule has 5 nitrogen and oxygen atoms in total. The van der Waals surface area contributed by atoms with Crippen molar-refractivity contribution in [2.45, 2.75) is 13.1 Å². The molecule has 0 aliphatic carbocycles. The summed E-state index contributed by atoms with van der Waals surface area (Å²) in [5, 5.41) is 5.62. The monoisotopic (exact) mass is 299 g/mol. The largest absolute Gasteiger partial charge is 0.436 e. The second kappa shape index (κ2) is 5.86. The molecule has 112 valence electrons. The smallest absolute Gasteiger partial charge is 0.397 e. The van der Waals surface area contributed by atoms with Gasteiger partial charge in [0, 0.05) is 5.69 Å². The summed E-state index contributed by atoms with van der Waals surface area (Å²) in [4.78, 5) is 17.5. The zero-order valence-corrected chi connectivity index (χ0v) is 11.0. The van der Waals surface area contributed by atoms with Gasteiger partial charge in [-0.2, -0.15) is 13.2 Å². The molecule has 0 saturated carbocycles. The van der Waals surface area contributed by atoms with Gasteiger partial charge >= 0.3 is 6.18 Å². The fourth-order valence-corrected chi connectivity index (χ4v) is 1.65. The average Bonchev–Trinajstić information content (AvgIpc) is 2.84. The Balaban J connectivity index is 2.31. The van der Waals surface area contributed by atoms with Gasteiger partial charge in [-0.3, -0.25) is 4.79 Å². The number of amides is 1. The molecule has 0 atom stereocenters. The molecular weight excluding hydrogens is 287 g/mol. The summed E-state index contributed by atoms with van der Waals surface area (Å²) in [6.07, 6.45) is -3.84. The van der Waals surface area contributed by atoms with Gasteiger partial charge < -0.3 is 10.2 Å². The Kier molecular flexibility index (Phi) is 4.15. The topological polar surface area (TPSA) is 56.1 Å². The van der Waals surface area contributed by atoms with Crippen LogP contribution in [0.25, 0.3) is 0 Å². The number of hydrogen-bond acceptors (Lipinski definition) is 3.